The number of hydrogen-bond donors (Lipinski definition) is 3. The molecule has 1 aliphatic carbocycles. The van der Waals surface area contributed by atoms with Gasteiger partial charge in [0.15, 0.2) is 5.82 Å². The summed E-state index contributed by atoms with van der Waals surface area (Å²) in [6, 6.07) is 5.32. The van der Waals surface area contributed by atoms with Crippen LogP contribution in [0.15, 0.2) is 18.2 Å². The number of aromatic nitrogens is 4. The Morgan fingerprint density at radius 2 is 1.90 bits per heavy atom. The van der Waals surface area contributed by atoms with Crippen molar-refractivity contribution < 1.29 is 37.5 Å². The predicted molar refractivity (Wildman–Crippen MR) is 127 cm³/mol. The van der Waals surface area contributed by atoms with Crippen LogP contribution in [0.1, 0.15) is 71.9 Å². The van der Waals surface area contributed by atoms with Gasteiger partial charge in [-0.1, -0.05) is 25.0 Å². The molecule has 210 valence electrons. The van der Waals surface area contributed by atoms with E-state index in [-0.39, 0.29) is 30.2 Å². The molecule has 2 unspecified atom stereocenters. The number of hydrogen-bond acceptors (Lipinski definition) is 8. The minimum atomic E-state index is -5.08. The van der Waals surface area contributed by atoms with Gasteiger partial charge in [-0.25, -0.2) is 9.48 Å². The van der Waals surface area contributed by atoms with Crippen LogP contribution in [0.2, 0.25) is 0 Å². The monoisotopic (exact) mass is 551 g/mol. The summed E-state index contributed by atoms with van der Waals surface area (Å²) in [6.07, 6.45) is 0.309. The van der Waals surface area contributed by atoms with E-state index in [1.54, 1.807) is 9.58 Å². The number of piperidine rings is 1. The molecule has 0 spiro atoms. The summed E-state index contributed by atoms with van der Waals surface area (Å²) >= 11 is 0. The number of rotatable bonds is 6. The standard InChI is InChI=1S/C22H27N7O3.C2HF3O2/c1-28-20(25-26-27-28)19(14-4-2-3-5-14)23-11-13-6-7-16-15(10-13)12-29(22(16)32)17-8-9-18(30)24-21(17)31;3-2(4,5)1(6)7/h6-7,10,14,17,19,23H,2-5,8-9,11-12H2,1H3,(H,24,30,31);(H,6,7). The van der Waals surface area contributed by atoms with Crippen LogP contribution in [-0.4, -0.2) is 66.1 Å². The first kappa shape index (κ1) is 28.1. The molecule has 0 bridgehead atoms. The summed E-state index contributed by atoms with van der Waals surface area (Å²) in [7, 11) is 1.86. The fraction of sp³-hybridized carbons (Fsp3) is 0.542. The van der Waals surface area contributed by atoms with Gasteiger partial charge in [0.2, 0.25) is 11.8 Å². The zero-order chi connectivity index (χ0) is 28.3. The maximum Gasteiger partial charge on any atom is 0.490 e. The largest absolute Gasteiger partial charge is 0.490 e. The van der Waals surface area contributed by atoms with Crippen molar-refractivity contribution >= 4 is 23.7 Å². The van der Waals surface area contributed by atoms with Gasteiger partial charge in [0.05, 0.1) is 6.04 Å². The van der Waals surface area contributed by atoms with Crippen molar-refractivity contribution in [3.63, 3.8) is 0 Å². The Balaban J connectivity index is 0.000000448. The first-order valence-corrected chi connectivity index (χ1v) is 12.5. The second kappa shape index (κ2) is 11.5. The van der Waals surface area contributed by atoms with Crippen LogP contribution in [-0.2, 0) is 34.5 Å². The first-order valence-electron chi connectivity index (χ1n) is 12.5. The summed E-state index contributed by atoms with van der Waals surface area (Å²) in [5, 5.41) is 25.2. The molecule has 1 aromatic heterocycles. The third-order valence-corrected chi connectivity index (χ3v) is 7.16. The molecule has 3 amide bonds. The van der Waals surface area contributed by atoms with Crippen LogP contribution in [0.4, 0.5) is 13.2 Å². The van der Waals surface area contributed by atoms with E-state index in [1.807, 2.05) is 25.2 Å². The molecule has 3 aliphatic rings. The highest BCUT2D eigenvalue weighted by Crippen LogP contribution is 2.35. The molecule has 2 atom stereocenters. The smallest absolute Gasteiger partial charge is 0.475 e. The van der Waals surface area contributed by atoms with E-state index in [4.69, 9.17) is 9.90 Å². The molecule has 2 fully saturated rings. The van der Waals surface area contributed by atoms with Crippen molar-refractivity contribution in [3.8, 4) is 0 Å². The maximum atomic E-state index is 12.9. The maximum absolute atomic E-state index is 12.9. The van der Waals surface area contributed by atoms with E-state index < -0.39 is 18.2 Å². The molecule has 39 heavy (non-hydrogen) atoms. The van der Waals surface area contributed by atoms with Gasteiger partial charge < -0.3 is 15.3 Å². The fourth-order valence-electron chi connectivity index (χ4n) is 5.22. The lowest BCUT2D eigenvalue weighted by molar-refractivity contribution is -0.192. The Kier molecular flexibility index (Phi) is 8.28. The summed E-state index contributed by atoms with van der Waals surface area (Å²) in [5.74, 6) is -2.23. The molecular formula is C24H28F3N7O5. The normalized spacial score (nSPS) is 20.4. The molecule has 2 aromatic rings. The van der Waals surface area contributed by atoms with E-state index in [0.29, 0.717) is 31.0 Å². The van der Waals surface area contributed by atoms with E-state index >= 15 is 0 Å². The van der Waals surface area contributed by atoms with Crippen LogP contribution in [0.5, 0.6) is 0 Å². The zero-order valence-electron chi connectivity index (χ0n) is 21.1. The number of carboxylic acid groups (broad SMARTS) is 1. The number of alkyl halides is 3. The Bertz CT molecular complexity index is 1260. The van der Waals surface area contributed by atoms with Crippen molar-refractivity contribution in [3.05, 3.63) is 40.7 Å². The molecule has 1 saturated heterocycles. The highest BCUT2D eigenvalue weighted by Gasteiger charge is 2.39. The van der Waals surface area contributed by atoms with Gasteiger partial charge in [-0.3, -0.25) is 19.7 Å². The van der Waals surface area contributed by atoms with E-state index in [2.05, 4.69) is 26.2 Å². The van der Waals surface area contributed by atoms with Crippen molar-refractivity contribution in [1.29, 1.82) is 0 Å². The minimum Gasteiger partial charge on any atom is -0.475 e. The molecule has 3 N–H and O–H groups in total. The molecule has 0 radical (unpaired) electrons. The zero-order valence-corrected chi connectivity index (χ0v) is 21.1. The fourth-order valence-corrected chi connectivity index (χ4v) is 5.22. The van der Waals surface area contributed by atoms with Crippen molar-refractivity contribution in [2.45, 2.75) is 69.9 Å². The number of carboxylic acids is 1. The van der Waals surface area contributed by atoms with Crippen LogP contribution in [0, 0.1) is 5.92 Å². The molecule has 1 saturated carbocycles. The van der Waals surface area contributed by atoms with Gasteiger partial charge in [0.25, 0.3) is 5.91 Å². The van der Waals surface area contributed by atoms with Crippen LogP contribution >= 0.6 is 0 Å². The summed E-state index contributed by atoms with van der Waals surface area (Å²) in [5.41, 5.74) is 2.61. The Morgan fingerprint density at radius 1 is 1.21 bits per heavy atom. The molecular weight excluding hydrogens is 523 g/mol. The lowest BCUT2D eigenvalue weighted by Gasteiger charge is -2.29. The van der Waals surface area contributed by atoms with Crippen molar-refractivity contribution in [1.82, 2.24) is 35.7 Å². The second-order valence-corrected chi connectivity index (χ2v) is 9.76. The number of carbonyl (C=O) groups is 4. The number of nitrogens with one attached hydrogen (secondary N) is 2. The number of halogens is 3. The molecule has 3 heterocycles. The molecule has 2 aliphatic heterocycles. The summed E-state index contributed by atoms with van der Waals surface area (Å²) in [6.45, 7) is 1.02. The number of aryl methyl sites for hydroxylation is 1. The van der Waals surface area contributed by atoms with E-state index in [0.717, 1.165) is 29.8 Å². The van der Waals surface area contributed by atoms with Gasteiger partial charge >= 0.3 is 12.1 Å². The van der Waals surface area contributed by atoms with Crippen LogP contribution in [0.3, 0.4) is 0 Å². The van der Waals surface area contributed by atoms with Gasteiger partial charge in [0.1, 0.15) is 6.04 Å². The lowest BCUT2D eigenvalue weighted by Crippen LogP contribution is -2.52. The van der Waals surface area contributed by atoms with Crippen LogP contribution < -0.4 is 10.6 Å². The number of benzene rings is 1. The molecule has 5 rings (SSSR count). The topological polar surface area (TPSA) is 159 Å². The van der Waals surface area contributed by atoms with Gasteiger partial charge in [0, 0.05) is 32.1 Å². The Labute approximate surface area is 220 Å². The van der Waals surface area contributed by atoms with Gasteiger partial charge in [-0.15, -0.1) is 5.10 Å². The number of amides is 3. The van der Waals surface area contributed by atoms with Gasteiger partial charge in [-0.2, -0.15) is 13.2 Å². The number of fused-ring (bicyclic) bond motifs is 1. The number of imide groups is 1. The Morgan fingerprint density at radius 3 is 2.49 bits per heavy atom. The number of aliphatic carboxylic acids is 1. The van der Waals surface area contributed by atoms with E-state index in [1.165, 1.54) is 12.8 Å². The number of carbonyl (C=O) groups excluding carboxylic acids is 3. The molecule has 1 aromatic carbocycles. The van der Waals surface area contributed by atoms with E-state index in [9.17, 15) is 27.6 Å². The van der Waals surface area contributed by atoms with Crippen molar-refractivity contribution in [2.75, 3.05) is 0 Å². The average molecular weight is 552 g/mol. The molecule has 12 nitrogen and oxygen atoms in total. The predicted octanol–water partition coefficient (Wildman–Crippen LogP) is 1.63. The highest BCUT2D eigenvalue weighted by molar-refractivity contribution is 6.05. The Hall–Kier alpha value is -3.88. The third kappa shape index (κ3) is 6.41. The first-order chi connectivity index (χ1) is 18.5. The lowest BCUT2D eigenvalue weighted by atomic mass is 9.96. The van der Waals surface area contributed by atoms with Gasteiger partial charge in [-0.05, 0) is 52.8 Å². The second-order valence-electron chi connectivity index (χ2n) is 9.76. The highest BCUT2D eigenvalue weighted by atomic mass is 19.4. The molecule has 15 heteroatoms. The minimum absolute atomic E-state index is 0.0763. The third-order valence-electron chi connectivity index (χ3n) is 7.16. The quantitative estimate of drug-likeness (QED) is 0.454. The van der Waals surface area contributed by atoms with Crippen LogP contribution in [0.25, 0.3) is 0 Å². The number of nitrogens with zero attached hydrogens (tertiary/aromatic N) is 5. The summed E-state index contributed by atoms with van der Waals surface area (Å²) < 4.78 is 33.5. The SMILES string of the molecule is Cn1nnnc1C(NCc1ccc2c(c1)CN(C1CCC(=O)NC1=O)C2=O)C1CCCC1.O=C(O)C(F)(F)F. The average Bonchev–Trinajstić information content (AvgIpc) is 3.61. The number of tetrazole rings is 1. The summed E-state index contributed by atoms with van der Waals surface area (Å²) in [4.78, 5) is 47.1. The van der Waals surface area contributed by atoms with Crippen molar-refractivity contribution in [2.24, 2.45) is 13.0 Å².